The fourth-order valence-electron chi connectivity index (χ4n) is 3.76. The second-order valence-corrected chi connectivity index (χ2v) is 7.08. The molecule has 19 heavy (non-hydrogen) atoms. The molecule has 0 radical (unpaired) electrons. The van der Waals surface area contributed by atoms with Crippen molar-refractivity contribution in [1.29, 1.82) is 0 Å². The van der Waals surface area contributed by atoms with E-state index in [0.717, 1.165) is 28.3 Å². The summed E-state index contributed by atoms with van der Waals surface area (Å²) < 4.78 is 6.33. The molecule has 0 saturated heterocycles. The van der Waals surface area contributed by atoms with Crippen molar-refractivity contribution >= 4 is 23.2 Å². The van der Waals surface area contributed by atoms with Crippen LogP contribution in [0.1, 0.15) is 43.2 Å². The maximum Gasteiger partial charge on any atom is 0.125 e. The number of halogens is 2. The molecule has 104 valence electrons. The summed E-state index contributed by atoms with van der Waals surface area (Å²) in [6.07, 6.45) is 6.29. The smallest absolute Gasteiger partial charge is 0.125 e. The van der Waals surface area contributed by atoms with Crippen molar-refractivity contribution in [3.63, 3.8) is 0 Å². The van der Waals surface area contributed by atoms with Gasteiger partial charge in [-0.15, -0.1) is 11.6 Å². The van der Waals surface area contributed by atoms with E-state index in [9.17, 15) is 0 Å². The maximum atomic E-state index is 6.48. The predicted molar refractivity (Wildman–Crippen MR) is 80.5 cm³/mol. The zero-order valence-corrected chi connectivity index (χ0v) is 13.0. The summed E-state index contributed by atoms with van der Waals surface area (Å²) in [7, 11) is 0. The first kappa shape index (κ1) is 13.6. The van der Waals surface area contributed by atoms with Crippen LogP contribution in [0, 0.1) is 19.3 Å². The summed E-state index contributed by atoms with van der Waals surface area (Å²) in [4.78, 5) is 0. The molecular formula is C16H20Cl2O. The van der Waals surface area contributed by atoms with E-state index in [-0.39, 0.29) is 11.5 Å². The molecular weight excluding hydrogens is 279 g/mol. The molecule has 3 heteroatoms. The van der Waals surface area contributed by atoms with Gasteiger partial charge in [-0.3, -0.25) is 0 Å². The van der Waals surface area contributed by atoms with Crippen molar-refractivity contribution in [3.8, 4) is 5.75 Å². The highest BCUT2D eigenvalue weighted by molar-refractivity contribution is 6.30. The van der Waals surface area contributed by atoms with Crippen LogP contribution in [0.5, 0.6) is 5.75 Å². The molecule has 0 bridgehead atoms. The largest absolute Gasteiger partial charge is 0.489 e. The Balaban J connectivity index is 1.83. The van der Waals surface area contributed by atoms with Crippen molar-refractivity contribution in [2.24, 2.45) is 5.41 Å². The molecule has 2 atom stereocenters. The number of aryl methyl sites for hydroxylation is 2. The average molecular weight is 299 g/mol. The van der Waals surface area contributed by atoms with Gasteiger partial charge in [-0.05, 0) is 49.9 Å². The van der Waals surface area contributed by atoms with Crippen LogP contribution in [0.4, 0.5) is 0 Å². The third-order valence-electron chi connectivity index (χ3n) is 4.91. The second kappa shape index (κ2) is 4.86. The highest BCUT2D eigenvalue weighted by Gasteiger charge is 2.57. The van der Waals surface area contributed by atoms with Crippen LogP contribution in [0.2, 0.25) is 5.02 Å². The van der Waals surface area contributed by atoms with Crippen LogP contribution in [0.25, 0.3) is 0 Å². The molecule has 2 unspecified atom stereocenters. The number of ether oxygens (including phenoxy) is 1. The van der Waals surface area contributed by atoms with E-state index in [1.54, 1.807) is 0 Å². The van der Waals surface area contributed by atoms with E-state index in [2.05, 4.69) is 13.8 Å². The van der Waals surface area contributed by atoms with E-state index < -0.39 is 0 Å². The molecule has 3 rings (SSSR count). The standard InChI is InChI=1S/C16H20Cl2O/c1-10-7-12(17)8-11(2)15(10)19-14-9-13(18)16(14)5-3-4-6-16/h7-8,13-14H,3-6,9H2,1-2H3. The Morgan fingerprint density at radius 2 is 1.74 bits per heavy atom. The Bertz CT molecular complexity index is 469. The molecule has 2 fully saturated rings. The summed E-state index contributed by atoms with van der Waals surface area (Å²) in [5.41, 5.74) is 2.48. The first-order valence-electron chi connectivity index (χ1n) is 7.10. The van der Waals surface area contributed by atoms with Gasteiger partial charge in [-0.2, -0.15) is 0 Å². The average Bonchev–Trinajstić information content (AvgIpc) is 2.84. The molecule has 1 spiro atoms. The van der Waals surface area contributed by atoms with Crippen LogP contribution < -0.4 is 4.74 Å². The molecule has 0 heterocycles. The maximum absolute atomic E-state index is 6.48. The third kappa shape index (κ3) is 2.15. The van der Waals surface area contributed by atoms with Crippen LogP contribution in [0.15, 0.2) is 12.1 Å². The topological polar surface area (TPSA) is 9.23 Å². The van der Waals surface area contributed by atoms with E-state index in [0.29, 0.717) is 5.38 Å². The quantitative estimate of drug-likeness (QED) is 0.675. The lowest BCUT2D eigenvalue weighted by atomic mass is 9.64. The van der Waals surface area contributed by atoms with Crippen LogP contribution in [-0.4, -0.2) is 11.5 Å². The molecule has 2 aliphatic rings. The minimum atomic E-state index is 0.236. The number of rotatable bonds is 2. The van der Waals surface area contributed by atoms with Gasteiger partial charge in [0, 0.05) is 22.2 Å². The first-order valence-corrected chi connectivity index (χ1v) is 7.92. The Labute approximate surface area is 125 Å². The lowest BCUT2D eigenvalue weighted by Gasteiger charge is -2.51. The molecule has 2 aliphatic carbocycles. The molecule has 0 amide bonds. The van der Waals surface area contributed by atoms with Gasteiger partial charge in [0.05, 0.1) is 0 Å². The van der Waals surface area contributed by atoms with Gasteiger partial charge in [0.15, 0.2) is 0 Å². The van der Waals surface area contributed by atoms with Gasteiger partial charge < -0.3 is 4.74 Å². The van der Waals surface area contributed by atoms with Crippen molar-refractivity contribution in [2.45, 2.75) is 57.4 Å². The highest BCUT2D eigenvalue weighted by atomic mass is 35.5. The van der Waals surface area contributed by atoms with Crippen molar-refractivity contribution in [3.05, 3.63) is 28.3 Å². The van der Waals surface area contributed by atoms with Crippen molar-refractivity contribution < 1.29 is 4.74 Å². The molecule has 0 N–H and O–H groups in total. The summed E-state index contributed by atoms with van der Waals surface area (Å²) in [6.45, 7) is 4.12. The van der Waals surface area contributed by atoms with Crippen molar-refractivity contribution in [2.75, 3.05) is 0 Å². The molecule has 0 aliphatic heterocycles. The number of hydrogen-bond acceptors (Lipinski definition) is 1. The van der Waals surface area contributed by atoms with E-state index >= 15 is 0 Å². The number of alkyl halides is 1. The molecule has 0 aromatic heterocycles. The zero-order chi connectivity index (χ0) is 13.6. The van der Waals surface area contributed by atoms with E-state index in [4.69, 9.17) is 27.9 Å². The van der Waals surface area contributed by atoms with Crippen LogP contribution >= 0.6 is 23.2 Å². The monoisotopic (exact) mass is 298 g/mol. The number of benzene rings is 1. The van der Waals surface area contributed by atoms with Crippen LogP contribution in [0.3, 0.4) is 0 Å². The van der Waals surface area contributed by atoms with Gasteiger partial charge in [-0.25, -0.2) is 0 Å². The minimum Gasteiger partial charge on any atom is -0.489 e. The summed E-state index contributed by atoms with van der Waals surface area (Å²) in [5, 5.41) is 1.08. The molecule has 1 nitrogen and oxygen atoms in total. The SMILES string of the molecule is Cc1cc(Cl)cc(C)c1OC1CC(Cl)C12CCCC2. The van der Waals surface area contributed by atoms with Crippen molar-refractivity contribution in [1.82, 2.24) is 0 Å². The summed E-state index contributed by atoms with van der Waals surface area (Å²) in [6, 6.07) is 3.95. The highest BCUT2D eigenvalue weighted by Crippen LogP contribution is 2.57. The molecule has 2 saturated carbocycles. The van der Waals surface area contributed by atoms with Gasteiger partial charge in [-0.1, -0.05) is 24.4 Å². The molecule has 1 aromatic carbocycles. The Kier molecular flexibility index (Phi) is 3.47. The van der Waals surface area contributed by atoms with Gasteiger partial charge in [0.1, 0.15) is 11.9 Å². The predicted octanol–water partition coefficient (Wildman–Crippen LogP) is 5.28. The zero-order valence-electron chi connectivity index (χ0n) is 11.5. The second-order valence-electron chi connectivity index (χ2n) is 6.12. The van der Waals surface area contributed by atoms with Gasteiger partial charge >= 0.3 is 0 Å². The Morgan fingerprint density at radius 3 is 2.26 bits per heavy atom. The lowest BCUT2D eigenvalue weighted by molar-refractivity contribution is -0.0362. The summed E-state index contributed by atoms with van der Waals surface area (Å²) >= 11 is 12.6. The van der Waals surface area contributed by atoms with Crippen LogP contribution in [-0.2, 0) is 0 Å². The van der Waals surface area contributed by atoms with E-state index in [1.165, 1.54) is 25.7 Å². The lowest BCUT2D eigenvalue weighted by Crippen LogP contribution is -2.55. The Hall–Kier alpha value is -0.400. The Morgan fingerprint density at radius 1 is 1.16 bits per heavy atom. The fourth-order valence-corrected chi connectivity index (χ4v) is 4.61. The van der Waals surface area contributed by atoms with Gasteiger partial charge in [0.2, 0.25) is 0 Å². The first-order chi connectivity index (χ1) is 9.03. The minimum absolute atomic E-state index is 0.236. The molecule has 1 aromatic rings. The number of hydrogen-bond donors (Lipinski definition) is 0. The fraction of sp³-hybridized carbons (Fsp3) is 0.625. The normalized spacial score (nSPS) is 28.4. The van der Waals surface area contributed by atoms with E-state index in [1.807, 2.05) is 12.1 Å². The third-order valence-corrected chi connectivity index (χ3v) is 5.74. The summed E-state index contributed by atoms with van der Waals surface area (Å²) in [5.74, 6) is 1.00. The van der Waals surface area contributed by atoms with Gasteiger partial charge in [0.25, 0.3) is 0 Å².